The monoisotopic (exact) mass is 244 g/mol. The molecule has 1 aromatic heterocycles. The first-order chi connectivity index (χ1) is 8.65. The molecule has 3 rings (SSSR count). The average Bonchev–Trinajstić information content (AvgIpc) is 2.61. The molecule has 0 radical (unpaired) electrons. The number of ether oxygens (including phenoxy) is 1. The summed E-state index contributed by atoms with van der Waals surface area (Å²) in [7, 11) is 0. The van der Waals surface area contributed by atoms with Crippen LogP contribution < -0.4 is 0 Å². The standard InChI is InChI=1S/C15H20N2O/c1-10(2)15-16-13-5-4-11(3)8-14(13)17(15)9-12-6-7-18-12/h4-5,8,10,12H,6-7,9H2,1-3H3. The Bertz CT molecular complexity index is 567. The van der Waals surface area contributed by atoms with Crippen molar-refractivity contribution in [3.05, 3.63) is 29.6 Å². The molecule has 2 heterocycles. The average molecular weight is 244 g/mol. The van der Waals surface area contributed by atoms with E-state index in [0.717, 1.165) is 18.7 Å². The van der Waals surface area contributed by atoms with Gasteiger partial charge in [-0.15, -0.1) is 0 Å². The van der Waals surface area contributed by atoms with Crippen LogP contribution in [-0.2, 0) is 11.3 Å². The highest BCUT2D eigenvalue weighted by Gasteiger charge is 2.22. The summed E-state index contributed by atoms with van der Waals surface area (Å²) in [4.78, 5) is 4.77. The summed E-state index contributed by atoms with van der Waals surface area (Å²) in [6.45, 7) is 8.38. The molecule has 1 aliphatic heterocycles. The molecule has 0 aliphatic carbocycles. The number of rotatable bonds is 3. The first kappa shape index (κ1) is 11.7. The second-order valence-electron chi connectivity index (χ2n) is 5.51. The molecule has 0 bridgehead atoms. The zero-order valence-corrected chi connectivity index (χ0v) is 11.3. The molecule has 1 fully saturated rings. The van der Waals surface area contributed by atoms with E-state index in [-0.39, 0.29) is 0 Å². The van der Waals surface area contributed by atoms with Crippen molar-refractivity contribution in [2.75, 3.05) is 6.61 Å². The van der Waals surface area contributed by atoms with Gasteiger partial charge in [0.15, 0.2) is 0 Å². The van der Waals surface area contributed by atoms with Gasteiger partial charge in [0, 0.05) is 12.5 Å². The molecule has 2 aromatic rings. The van der Waals surface area contributed by atoms with E-state index in [0.29, 0.717) is 12.0 Å². The van der Waals surface area contributed by atoms with Gasteiger partial charge >= 0.3 is 0 Å². The molecule has 0 saturated carbocycles. The molecule has 0 amide bonds. The molecule has 1 aliphatic rings. The number of hydrogen-bond acceptors (Lipinski definition) is 2. The molecular formula is C15H20N2O. The molecule has 18 heavy (non-hydrogen) atoms. The first-order valence-electron chi connectivity index (χ1n) is 6.73. The van der Waals surface area contributed by atoms with E-state index < -0.39 is 0 Å². The van der Waals surface area contributed by atoms with Gasteiger partial charge in [-0.05, 0) is 31.0 Å². The molecular weight excluding hydrogens is 224 g/mol. The van der Waals surface area contributed by atoms with Crippen LogP contribution in [-0.4, -0.2) is 22.3 Å². The fourth-order valence-electron chi connectivity index (χ4n) is 2.52. The van der Waals surface area contributed by atoms with Gasteiger partial charge in [-0.3, -0.25) is 0 Å². The molecule has 1 aromatic carbocycles. The lowest BCUT2D eigenvalue weighted by Gasteiger charge is -2.28. The normalized spacial score (nSPS) is 19.4. The van der Waals surface area contributed by atoms with E-state index in [1.54, 1.807) is 0 Å². The van der Waals surface area contributed by atoms with Gasteiger partial charge in [0.1, 0.15) is 5.82 Å². The summed E-state index contributed by atoms with van der Waals surface area (Å²) < 4.78 is 7.91. The minimum atomic E-state index is 0.375. The molecule has 0 spiro atoms. The first-order valence-corrected chi connectivity index (χ1v) is 6.73. The number of nitrogens with zero attached hydrogens (tertiary/aromatic N) is 2. The largest absolute Gasteiger partial charge is 0.376 e. The maximum Gasteiger partial charge on any atom is 0.112 e. The van der Waals surface area contributed by atoms with Crippen molar-refractivity contribution in [3.8, 4) is 0 Å². The van der Waals surface area contributed by atoms with Gasteiger partial charge in [0.25, 0.3) is 0 Å². The number of hydrogen-bond donors (Lipinski definition) is 0. The number of imidazole rings is 1. The minimum absolute atomic E-state index is 0.375. The van der Waals surface area contributed by atoms with Crippen molar-refractivity contribution in [1.29, 1.82) is 0 Å². The van der Waals surface area contributed by atoms with Gasteiger partial charge in [0.05, 0.1) is 23.7 Å². The van der Waals surface area contributed by atoms with Crippen LogP contribution in [0.2, 0.25) is 0 Å². The van der Waals surface area contributed by atoms with Crippen LogP contribution in [0.15, 0.2) is 18.2 Å². The summed E-state index contributed by atoms with van der Waals surface area (Å²) in [6, 6.07) is 6.48. The Labute approximate surface area is 108 Å². The summed E-state index contributed by atoms with van der Waals surface area (Å²) >= 11 is 0. The van der Waals surface area contributed by atoms with E-state index in [2.05, 4.69) is 43.5 Å². The molecule has 1 atom stereocenters. The Morgan fingerprint density at radius 2 is 2.22 bits per heavy atom. The maximum absolute atomic E-state index is 5.57. The zero-order valence-electron chi connectivity index (χ0n) is 11.3. The van der Waals surface area contributed by atoms with Crippen molar-refractivity contribution >= 4 is 11.0 Å². The van der Waals surface area contributed by atoms with E-state index in [1.165, 1.54) is 23.3 Å². The topological polar surface area (TPSA) is 27.1 Å². The van der Waals surface area contributed by atoms with Crippen LogP contribution in [0.5, 0.6) is 0 Å². The van der Waals surface area contributed by atoms with Crippen molar-refractivity contribution in [3.63, 3.8) is 0 Å². The third-order valence-electron chi connectivity index (χ3n) is 3.63. The van der Waals surface area contributed by atoms with Crippen LogP contribution in [0.25, 0.3) is 11.0 Å². The quantitative estimate of drug-likeness (QED) is 0.828. The van der Waals surface area contributed by atoms with Crippen molar-refractivity contribution in [2.45, 2.75) is 45.8 Å². The van der Waals surface area contributed by atoms with Crippen molar-refractivity contribution in [1.82, 2.24) is 9.55 Å². The van der Waals surface area contributed by atoms with E-state index >= 15 is 0 Å². The van der Waals surface area contributed by atoms with Gasteiger partial charge in [-0.2, -0.15) is 0 Å². The third kappa shape index (κ3) is 1.93. The summed E-state index contributed by atoms with van der Waals surface area (Å²) in [5.74, 6) is 1.61. The maximum atomic E-state index is 5.57. The number of aryl methyl sites for hydroxylation is 1. The Kier molecular flexibility index (Phi) is 2.86. The second kappa shape index (κ2) is 4.39. The van der Waals surface area contributed by atoms with Gasteiger partial charge in [-0.25, -0.2) is 4.98 Å². The predicted molar refractivity (Wildman–Crippen MR) is 72.9 cm³/mol. The highest BCUT2D eigenvalue weighted by molar-refractivity contribution is 5.77. The highest BCUT2D eigenvalue weighted by Crippen LogP contribution is 2.25. The SMILES string of the molecule is Cc1ccc2nc(C(C)C)n(CC3CCO3)c2c1. The smallest absolute Gasteiger partial charge is 0.112 e. The molecule has 1 unspecified atom stereocenters. The molecule has 3 heteroatoms. The fraction of sp³-hybridized carbons (Fsp3) is 0.533. The predicted octanol–water partition coefficient (Wildman–Crippen LogP) is 3.26. The summed E-state index contributed by atoms with van der Waals surface area (Å²) in [5.41, 5.74) is 3.63. The lowest BCUT2D eigenvalue weighted by atomic mass is 10.1. The molecule has 3 nitrogen and oxygen atoms in total. The lowest BCUT2D eigenvalue weighted by molar-refractivity contribution is -0.0590. The summed E-state index contributed by atoms with van der Waals surface area (Å²) in [5, 5.41) is 0. The van der Waals surface area contributed by atoms with Crippen molar-refractivity contribution < 1.29 is 4.74 Å². The third-order valence-corrected chi connectivity index (χ3v) is 3.63. The fourth-order valence-corrected chi connectivity index (χ4v) is 2.52. The van der Waals surface area contributed by atoms with Crippen LogP contribution in [0.4, 0.5) is 0 Å². The van der Waals surface area contributed by atoms with Gasteiger partial charge in [-0.1, -0.05) is 19.9 Å². The molecule has 0 N–H and O–H groups in total. The van der Waals surface area contributed by atoms with E-state index in [4.69, 9.17) is 9.72 Å². The Morgan fingerprint density at radius 1 is 1.44 bits per heavy atom. The molecule has 1 saturated heterocycles. The second-order valence-corrected chi connectivity index (χ2v) is 5.51. The number of benzene rings is 1. The van der Waals surface area contributed by atoms with Gasteiger partial charge in [0.2, 0.25) is 0 Å². The Hall–Kier alpha value is -1.35. The van der Waals surface area contributed by atoms with E-state index in [1.807, 2.05) is 0 Å². The minimum Gasteiger partial charge on any atom is -0.376 e. The summed E-state index contributed by atoms with van der Waals surface area (Å²) in [6.07, 6.45) is 1.55. The van der Waals surface area contributed by atoms with Crippen LogP contribution >= 0.6 is 0 Å². The van der Waals surface area contributed by atoms with E-state index in [9.17, 15) is 0 Å². The van der Waals surface area contributed by atoms with Crippen LogP contribution in [0.3, 0.4) is 0 Å². The Balaban J connectivity index is 2.10. The Morgan fingerprint density at radius 3 is 2.83 bits per heavy atom. The van der Waals surface area contributed by atoms with Gasteiger partial charge < -0.3 is 9.30 Å². The van der Waals surface area contributed by atoms with Crippen LogP contribution in [0.1, 0.15) is 37.6 Å². The van der Waals surface area contributed by atoms with Crippen molar-refractivity contribution in [2.24, 2.45) is 0 Å². The lowest BCUT2D eigenvalue weighted by Crippen LogP contribution is -2.31. The zero-order chi connectivity index (χ0) is 12.7. The number of fused-ring (bicyclic) bond motifs is 1. The van der Waals surface area contributed by atoms with Crippen LogP contribution in [0, 0.1) is 6.92 Å². The highest BCUT2D eigenvalue weighted by atomic mass is 16.5. The number of aromatic nitrogens is 2. The molecule has 96 valence electrons.